The van der Waals surface area contributed by atoms with E-state index in [1.54, 1.807) is 36.5 Å². The van der Waals surface area contributed by atoms with Gasteiger partial charge in [-0.3, -0.25) is 9.59 Å². The molecule has 1 aliphatic rings. The van der Waals surface area contributed by atoms with Crippen molar-refractivity contribution in [2.24, 2.45) is 5.92 Å². The van der Waals surface area contributed by atoms with Gasteiger partial charge in [0.2, 0.25) is 17.7 Å². The molecular formula is C19H18N4O3. The lowest BCUT2D eigenvalue weighted by Crippen LogP contribution is -2.33. The Morgan fingerprint density at radius 2 is 2.15 bits per heavy atom. The van der Waals surface area contributed by atoms with Crippen LogP contribution in [0, 0.1) is 24.2 Å². The molecule has 1 aliphatic carbocycles. The van der Waals surface area contributed by atoms with E-state index in [0.29, 0.717) is 17.0 Å². The molecule has 2 amide bonds. The predicted molar refractivity (Wildman–Crippen MR) is 94.6 cm³/mol. The maximum Gasteiger partial charge on any atom is 0.243 e. The summed E-state index contributed by atoms with van der Waals surface area (Å²) in [6.07, 6.45) is 3.35. The van der Waals surface area contributed by atoms with Gasteiger partial charge in [-0.05, 0) is 55.7 Å². The van der Waals surface area contributed by atoms with Gasteiger partial charge in [-0.1, -0.05) is 0 Å². The topological polar surface area (TPSA) is 104 Å². The number of carbonyl (C=O) groups excluding carboxylic acids is 2. The van der Waals surface area contributed by atoms with Crippen molar-refractivity contribution in [2.75, 3.05) is 11.9 Å². The first kappa shape index (κ1) is 17.4. The summed E-state index contributed by atoms with van der Waals surface area (Å²) >= 11 is 0. The molecule has 1 aromatic carbocycles. The first-order chi connectivity index (χ1) is 12.6. The Balaban J connectivity index is 1.61. The number of hydrogen-bond acceptors (Lipinski definition) is 5. The van der Waals surface area contributed by atoms with Gasteiger partial charge < -0.3 is 15.4 Å². The van der Waals surface area contributed by atoms with E-state index in [-0.39, 0.29) is 30.2 Å². The fraction of sp³-hybridized carbons (Fsp3) is 0.263. The van der Waals surface area contributed by atoms with Gasteiger partial charge in [0.15, 0.2) is 0 Å². The lowest BCUT2D eigenvalue weighted by atomic mass is 10.2. The lowest BCUT2D eigenvalue weighted by Gasteiger charge is -2.11. The third-order valence-corrected chi connectivity index (χ3v) is 3.95. The average molecular weight is 350 g/mol. The third kappa shape index (κ3) is 4.36. The third-order valence-electron chi connectivity index (χ3n) is 3.95. The SMILES string of the molecule is Cc1cc(Oc2ncccc2C#N)ccc1NC(=O)CNC(=O)C1CC1. The quantitative estimate of drug-likeness (QED) is 0.833. The highest BCUT2D eigenvalue weighted by molar-refractivity contribution is 5.95. The smallest absolute Gasteiger partial charge is 0.243 e. The van der Waals surface area contributed by atoms with Crippen molar-refractivity contribution in [3.05, 3.63) is 47.7 Å². The molecule has 0 unspecified atom stereocenters. The van der Waals surface area contributed by atoms with Gasteiger partial charge in [0, 0.05) is 17.8 Å². The van der Waals surface area contributed by atoms with Crippen LogP contribution in [0.2, 0.25) is 0 Å². The monoisotopic (exact) mass is 350 g/mol. The number of ether oxygens (including phenoxy) is 1. The Morgan fingerprint density at radius 1 is 1.35 bits per heavy atom. The van der Waals surface area contributed by atoms with Crippen molar-refractivity contribution in [1.82, 2.24) is 10.3 Å². The second-order valence-electron chi connectivity index (χ2n) is 6.09. The number of carbonyl (C=O) groups is 2. The van der Waals surface area contributed by atoms with Gasteiger partial charge in [0.25, 0.3) is 0 Å². The van der Waals surface area contributed by atoms with E-state index in [1.165, 1.54) is 0 Å². The van der Waals surface area contributed by atoms with Crippen molar-refractivity contribution in [3.63, 3.8) is 0 Å². The summed E-state index contributed by atoms with van der Waals surface area (Å²) in [5, 5.41) is 14.5. The van der Waals surface area contributed by atoms with Crippen LogP contribution in [-0.2, 0) is 9.59 Å². The first-order valence-corrected chi connectivity index (χ1v) is 8.28. The van der Waals surface area contributed by atoms with Crippen LogP contribution in [0.15, 0.2) is 36.5 Å². The molecule has 0 saturated heterocycles. The van der Waals surface area contributed by atoms with Crippen molar-refractivity contribution >= 4 is 17.5 Å². The fourth-order valence-electron chi connectivity index (χ4n) is 2.36. The fourth-order valence-corrected chi connectivity index (χ4v) is 2.36. The Morgan fingerprint density at radius 3 is 2.85 bits per heavy atom. The number of amides is 2. The molecule has 0 bridgehead atoms. The first-order valence-electron chi connectivity index (χ1n) is 8.28. The molecule has 3 rings (SSSR count). The molecule has 0 spiro atoms. The molecule has 2 N–H and O–H groups in total. The maximum absolute atomic E-state index is 12.0. The van der Waals surface area contributed by atoms with Gasteiger partial charge in [0.05, 0.1) is 6.54 Å². The summed E-state index contributed by atoms with van der Waals surface area (Å²) in [5.41, 5.74) is 1.76. The molecule has 0 radical (unpaired) electrons. The molecular weight excluding hydrogens is 332 g/mol. The maximum atomic E-state index is 12.0. The molecule has 132 valence electrons. The number of aryl methyl sites for hydroxylation is 1. The molecule has 1 fully saturated rings. The minimum atomic E-state index is -0.285. The second-order valence-corrected chi connectivity index (χ2v) is 6.09. The van der Waals surface area contributed by atoms with Crippen molar-refractivity contribution in [2.45, 2.75) is 19.8 Å². The number of anilines is 1. The highest BCUT2D eigenvalue weighted by Crippen LogP contribution is 2.29. The van der Waals surface area contributed by atoms with Gasteiger partial charge in [-0.25, -0.2) is 4.98 Å². The number of pyridine rings is 1. The van der Waals surface area contributed by atoms with Crippen LogP contribution in [0.25, 0.3) is 0 Å². The number of nitriles is 1. The number of hydrogen-bond donors (Lipinski definition) is 2. The standard InChI is InChI=1S/C19H18N4O3/c1-12-9-15(26-19-14(10-20)3-2-8-21-19)6-7-16(12)23-17(24)11-22-18(25)13-4-5-13/h2-3,6-9,13H,4-5,11H2,1H3,(H,22,25)(H,23,24). The molecule has 0 aliphatic heterocycles. The predicted octanol–water partition coefficient (Wildman–Crippen LogP) is 2.52. The molecule has 7 heteroatoms. The van der Waals surface area contributed by atoms with Gasteiger partial charge >= 0.3 is 0 Å². The average Bonchev–Trinajstić information content (AvgIpc) is 3.48. The lowest BCUT2D eigenvalue weighted by molar-refractivity contribution is -0.125. The molecule has 2 aromatic rings. The Kier molecular flexibility index (Phi) is 5.13. The van der Waals surface area contributed by atoms with E-state index in [4.69, 9.17) is 10.00 Å². The largest absolute Gasteiger partial charge is 0.438 e. The Hall–Kier alpha value is -3.40. The Labute approximate surface area is 151 Å². The molecule has 26 heavy (non-hydrogen) atoms. The molecule has 1 saturated carbocycles. The zero-order valence-electron chi connectivity index (χ0n) is 14.3. The summed E-state index contributed by atoms with van der Waals surface area (Å²) in [4.78, 5) is 27.6. The van der Waals surface area contributed by atoms with E-state index in [2.05, 4.69) is 15.6 Å². The minimum Gasteiger partial charge on any atom is -0.438 e. The summed E-state index contributed by atoms with van der Waals surface area (Å²) < 4.78 is 5.65. The number of nitrogens with one attached hydrogen (secondary N) is 2. The highest BCUT2D eigenvalue weighted by Gasteiger charge is 2.29. The summed E-state index contributed by atoms with van der Waals surface area (Å²) in [7, 11) is 0. The molecule has 0 atom stereocenters. The van der Waals surface area contributed by atoms with Crippen LogP contribution in [0.5, 0.6) is 11.6 Å². The second kappa shape index (κ2) is 7.66. The molecule has 1 aromatic heterocycles. The van der Waals surface area contributed by atoms with E-state index in [1.807, 2.05) is 13.0 Å². The van der Waals surface area contributed by atoms with E-state index >= 15 is 0 Å². The molecule has 7 nitrogen and oxygen atoms in total. The zero-order chi connectivity index (χ0) is 18.5. The number of nitrogens with zero attached hydrogens (tertiary/aromatic N) is 2. The summed E-state index contributed by atoms with van der Waals surface area (Å²) in [6.45, 7) is 1.78. The van der Waals surface area contributed by atoms with Gasteiger partial charge in [-0.15, -0.1) is 0 Å². The normalized spacial score (nSPS) is 12.8. The van der Waals surface area contributed by atoms with E-state index < -0.39 is 0 Å². The van der Waals surface area contributed by atoms with Gasteiger partial charge in [-0.2, -0.15) is 5.26 Å². The van der Waals surface area contributed by atoms with Crippen LogP contribution in [0.4, 0.5) is 5.69 Å². The van der Waals surface area contributed by atoms with Gasteiger partial charge in [0.1, 0.15) is 17.4 Å². The van der Waals surface area contributed by atoms with Crippen LogP contribution in [0.3, 0.4) is 0 Å². The van der Waals surface area contributed by atoms with Crippen LogP contribution < -0.4 is 15.4 Å². The minimum absolute atomic E-state index is 0.0491. The van der Waals surface area contributed by atoms with Crippen molar-refractivity contribution in [1.29, 1.82) is 5.26 Å². The number of aromatic nitrogens is 1. The van der Waals surface area contributed by atoms with Crippen molar-refractivity contribution < 1.29 is 14.3 Å². The van der Waals surface area contributed by atoms with Crippen LogP contribution in [0.1, 0.15) is 24.0 Å². The van der Waals surface area contributed by atoms with E-state index in [0.717, 1.165) is 18.4 Å². The summed E-state index contributed by atoms with van der Waals surface area (Å²) in [6, 6.07) is 10.4. The van der Waals surface area contributed by atoms with Crippen LogP contribution >= 0.6 is 0 Å². The number of rotatable bonds is 6. The Bertz CT molecular complexity index is 885. The zero-order valence-corrected chi connectivity index (χ0v) is 14.3. The highest BCUT2D eigenvalue weighted by atomic mass is 16.5. The number of benzene rings is 1. The summed E-state index contributed by atoms with van der Waals surface area (Å²) in [5.74, 6) is 0.467. The van der Waals surface area contributed by atoms with Crippen molar-refractivity contribution in [3.8, 4) is 17.7 Å². The van der Waals surface area contributed by atoms with E-state index in [9.17, 15) is 9.59 Å². The molecule has 1 heterocycles. The van der Waals surface area contributed by atoms with Crippen LogP contribution in [-0.4, -0.2) is 23.3 Å².